The average molecular weight is 300 g/mol. The van der Waals surface area contributed by atoms with Crippen molar-refractivity contribution in [2.24, 2.45) is 0 Å². The largest absolute Gasteiger partial charge is 0.373 e. The third-order valence-corrected chi connectivity index (χ3v) is 4.92. The molecule has 0 saturated carbocycles. The molecular formula is C18H24N2O2. The number of hydrogen-bond donors (Lipinski definition) is 0. The summed E-state index contributed by atoms with van der Waals surface area (Å²) in [5.74, 6) is 0.934. The molecule has 0 spiro atoms. The van der Waals surface area contributed by atoms with Crippen molar-refractivity contribution in [2.75, 3.05) is 20.2 Å². The maximum atomic E-state index is 5.94. The molecule has 1 fully saturated rings. The van der Waals surface area contributed by atoms with E-state index in [9.17, 15) is 0 Å². The smallest absolute Gasteiger partial charge is 0.138 e. The van der Waals surface area contributed by atoms with E-state index >= 15 is 0 Å². The molecule has 1 aromatic heterocycles. The van der Waals surface area contributed by atoms with Crippen molar-refractivity contribution in [2.45, 2.75) is 38.8 Å². The summed E-state index contributed by atoms with van der Waals surface area (Å²) in [4.78, 5) is 2.47. The highest BCUT2D eigenvalue weighted by Crippen LogP contribution is 2.36. The lowest BCUT2D eigenvalue weighted by Gasteiger charge is -2.41. The summed E-state index contributed by atoms with van der Waals surface area (Å²) >= 11 is 0. The van der Waals surface area contributed by atoms with Crippen LogP contribution in [0.3, 0.4) is 0 Å². The van der Waals surface area contributed by atoms with Crippen molar-refractivity contribution < 1.29 is 9.26 Å². The van der Waals surface area contributed by atoms with Crippen LogP contribution in [0.4, 0.5) is 0 Å². The van der Waals surface area contributed by atoms with E-state index in [2.05, 4.69) is 40.4 Å². The standard InChI is InChI=1S/C18H24N2O2/c1-14-17(15(2)22-19-14)13-20-11-9-18(21-3,10-12-20)16-7-5-4-6-8-16/h4-8H,9-13H2,1-3H3. The quantitative estimate of drug-likeness (QED) is 0.867. The number of piperidine rings is 1. The fourth-order valence-electron chi connectivity index (χ4n) is 3.38. The van der Waals surface area contributed by atoms with Crippen molar-refractivity contribution in [3.05, 3.63) is 52.9 Å². The molecule has 0 atom stereocenters. The summed E-state index contributed by atoms with van der Waals surface area (Å²) in [6, 6.07) is 10.6. The second kappa shape index (κ2) is 6.23. The van der Waals surface area contributed by atoms with Gasteiger partial charge in [0, 0.05) is 32.3 Å². The highest BCUT2D eigenvalue weighted by molar-refractivity contribution is 5.24. The molecule has 1 saturated heterocycles. The van der Waals surface area contributed by atoms with Gasteiger partial charge in [-0.3, -0.25) is 4.90 Å². The Morgan fingerprint density at radius 2 is 1.86 bits per heavy atom. The first kappa shape index (κ1) is 15.3. The molecule has 0 radical (unpaired) electrons. The van der Waals surface area contributed by atoms with E-state index in [1.54, 1.807) is 0 Å². The van der Waals surface area contributed by atoms with Gasteiger partial charge in [0.1, 0.15) is 5.76 Å². The number of methoxy groups -OCH3 is 1. The molecule has 22 heavy (non-hydrogen) atoms. The summed E-state index contributed by atoms with van der Waals surface area (Å²) in [5.41, 5.74) is 3.37. The van der Waals surface area contributed by atoms with Crippen LogP contribution >= 0.6 is 0 Å². The minimum absolute atomic E-state index is 0.142. The van der Waals surface area contributed by atoms with Crippen molar-refractivity contribution >= 4 is 0 Å². The van der Waals surface area contributed by atoms with Gasteiger partial charge in [0.2, 0.25) is 0 Å². The first-order valence-electron chi connectivity index (χ1n) is 7.89. The van der Waals surface area contributed by atoms with Crippen LogP contribution in [0.1, 0.15) is 35.4 Å². The zero-order valence-corrected chi connectivity index (χ0v) is 13.6. The second-order valence-electron chi connectivity index (χ2n) is 6.14. The molecule has 118 valence electrons. The van der Waals surface area contributed by atoms with Crippen LogP contribution in [0.25, 0.3) is 0 Å². The normalized spacial score (nSPS) is 18.5. The summed E-state index contributed by atoms with van der Waals surface area (Å²) in [6.07, 6.45) is 2.02. The number of hydrogen-bond acceptors (Lipinski definition) is 4. The zero-order valence-electron chi connectivity index (χ0n) is 13.6. The Morgan fingerprint density at radius 1 is 1.18 bits per heavy atom. The molecule has 1 aliphatic heterocycles. The minimum atomic E-state index is -0.142. The maximum absolute atomic E-state index is 5.94. The van der Waals surface area contributed by atoms with Crippen LogP contribution in [0.5, 0.6) is 0 Å². The third kappa shape index (κ3) is 2.81. The molecule has 2 aromatic rings. The molecule has 0 N–H and O–H groups in total. The number of ether oxygens (including phenoxy) is 1. The van der Waals surface area contributed by atoms with Gasteiger partial charge in [-0.05, 0) is 32.3 Å². The molecule has 3 rings (SSSR count). The highest BCUT2D eigenvalue weighted by atomic mass is 16.5. The van der Waals surface area contributed by atoms with Crippen molar-refractivity contribution in [1.82, 2.24) is 10.1 Å². The Labute approximate surface area is 132 Å². The fourth-order valence-corrected chi connectivity index (χ4v) is 3.38. The molecule has 0 amide bonds. The summed E-state index contributed by atoms with van der Waals surface area (Å²) in [7, 11) is 1.83. The molecule has 1 aromatic carbocycles. The van der Waals surface area contributed by atoms with E-state index in [0.29, 0.717) is 0 Å². The predicted octanol–water partition coefficient (Wildman–Crippen LogP) is 3.43. The summed E-state index contributed by atoms with van der Waals surface area (Å²) < 4.78 is 11.2. The number of aryl methyl sites for hydroxylation is 2. The Hall–Kier alpha value is -1.65. The van der Waals surface area contributed by atoms with E-state index in [1.807, 2.05) is 21.0 Å². The molecule has 0 bridgehead atoms. The molecule has 0 aliphatic carbocycles. The molecule has 0 unspecified atom stereocenters. The minimum Gasteiger partial charge on any atom is -0.373 e. The van der Waals surface area contributed by atoms with Gasteiger partial charge in [-0.1, -0.05) is 35.5 Å². The molecular weight excluding hydrogens is 276 g/mol. The Bertz CT molecular complexity index is 594. The van der Waals surface area contributed by atoms with Gasteiger partial charge in [0.15, 0.2) is 0 Å². The van der Waals surface area contributed by atoms with Crippen LogP contribution in [0.2, 0.25) is 0 Å². The van der Waals surface area contributed by atoms with E-state index < -0.39 is 0 Å². The summed E-state index contributed by atoms with van der Waals surface area (Å²) in [5, 5.41) is 4.05. The fraction of sp³-hybridized carbons (Fsp3) is 0.500. The van der Waals surface area contributed by atoms with E-state index in [-0.39, 0.29) is 5.60 Å². The topological polar surface area (TPSA) is 38.5 Å². The molecule has 2 heterocycles. The van der Waals surface area contributed by atoms with Crippen LogP contribution in [-0.2, 0) is 16.9 Å². The summed E-state index contributed by atoms with van der Waals surface area (Å²) in [6.45, 7) is 6.96. The van der Waals surface area contributed by atoms with Crippen molar-refractivity contribution in [3.63, 3.8) is 0 Å². The van der Waals surface area contributed by atoms with E-state index in [1.165, 1.54) is 11.1 Å². The zero-order chi connectivity index (χ0) is 15.6. The number of rotatable bonds is 4. The number of benzene rings is 1. The second-order valence-corrected chi connectivity index (χ2v) is 6.14. The Kier molecular flexibility index (Phi) is 4.32. The molecule has 1 aliphatic rings. The van der Waals surface area contributed by atoms with Crippen LogP contribution in [-0.4, -0.2) is 30.3 Å². The first-order valence-corrected chi connectivity index (χ1v) is 7.89. The number of likely N-dealkylation sites (tertiary alicyclic amines) is 1. The lowest BCUT2D eigenvalue weighted by Crippen LogP contribution is -2.43. The van der Waals surface area contributed by atoms with Crippen molar-refractivity contribution in [1.29, 1.82) is 0 Å². The van der Waals surface area contributed by atoms with Crippen LogP contribution in [0.15, 0.2) is 34.9 Å². The van der Waals surface area contributed by atoms with Crippen molar-refractivity contribution in [3.8, 4) is 0 Å². The lowest BCUT2D eigenvalue weighted by molar-refractivity contribution is -0.0638. The predicted molar refractivity (Wildman–Crippen MR) is 85.6 cm³/mol. The van der Waals surface area contributed by atoms with Crippen LogP contribution in [0, 0.1) is 13.8 Å². The highest BCUT2D eigenvalue weighted by Gasteiger charge is 2.36. The van der Waals surface area contributed by atoms with E-state index in [4.69, 9.17) is 9.26 Å². The SMILES string of the molecule is COC1(c2ccccc2)CCN(Cc2c(C)noc2C)CC1. The number of nitrogens with zero attached hydrogens (tertiary/aromatic N) is 2. The Morgan fingerprint density at radius 3 is 2.41 bits per heavy atom. The first-order chi connectivity index (χ1) is 10.6. The Balaban J connectivity index is 1.69. The van der Waals surface area contributed by atoms with Crippen LogP contribution < -0.4 is 0 Å². The average Bonchev–Trinajstić information content (AvgIpc) is 2.88. The number of aromatic nitrogens is 1. The molecule has 4 nitrogen and oxygen atoms in total. The van der Waals surface area contributed by atoms with Gasteiger partial charge < -0.3 is 9.26 Å². The van der Waals surface area contributed by atoms with Gasteiger partial charge in [-0.15, -0.1) is 0 Å². The third-order valence-electron chi connectivity index (χ3n) is 4.92. The van der Waals surface area contributed by atoms with Gasteiger partial charge in [0.25, 0.3) is 0 Å². The lowest BCUT2D eigenvalue weighted by atomic mass is 9.84. The van der Waals surface area contributed by atoms with E-state index in [0.717, 1.165) is 43.9 Å². The van der Waals surface area contributed by atoms with Gasteiger partial charge in [0.05, 0.1) is 11.3 Å². The van der Waals surface area contributed by atoms with Gasteiger partial charge in [-0.25, -0.2) is 0 Å². The monoisotopic (exact) mass is 300 g/mol. The maximum Gasteiger partial charge on any atom is 0.138 e. The van der Waals surface area contributed by atoms with Gasteiger partial charge >= 0.3 is 0 Å². The van der Waals surface area contributed by atoms with Gasteiger partial charge in [-0.2, -0.15) is 0 Å². The molecule has 4 heteroatoms.